The molecule has 0 amide bonds. The molecule has 0 saturated heterocycles. The summed E-state index contributed by atoms with van der Waals surface area (Å²) >= 11 is 0. The molecule has 0 unspecified atom stereocenters. The van der Waals surface area contributed by atoms with Gasteiger partial charge in [0.05, 0.1) is 5.69 Å². The molecular formula is C13H15N2O. The maximum atomic E-state index is 5.69. The van der Waals surface area contributed by atoms with E-state index >= 15 is 0 Å². The van der Waals surface area contributed by atoms with Crippen LogP contribution in [0.3, 0.4) is 0 Å². The number of hydrogen-bond donors (Lipinski definition) is 0. The number of ether oxygens (including phenoxy) is 1. The van der Waals surface area contributed by atoms with Crippen molar-refractivity contribution in [3.05, 3.63) is 47.3 Å². The van der Waals surface area contributed by atoms with Crippen LogP contribution in [0.25, 0.3) is 0 Å². The first kappa shape index (κ1) is 10.7. The predicted molar refractivity (Wildman–Crippen MR) is 62.3 cm³/mol. The molecule has 2 rings (SSSR count). The second-order valence-electron chi connectivity index (χ2n) is 3.80. The molecule has 0 spiro atoms. The summed E-state index contributed by atoms with van der Waals surface area (Å²) in [6.45, 7) is 4.62. The topological polar surface area (TPSA) is 27.1 Å². The van der Waals surface area contributed by atoms with Crippen molar-refractivity contribution in [1.82, 2.24) is 9.78 Å². The number of aromatic nitrogens is 2. The third kappa shape index (κ3) is 2.08. The van der Waals surface area contributed by atoms with Crippen molar-refractivity contribution in [3.8, 4) is 5.75 Å². The van der Waals surface area contributed by atoms with E-state index in [1.54, 1.807) is 0 Å². The molecule has 0 aliphatic carbocycles. The third-order valence-corrected chi connectivity index (χ3v) is 2.73. The van der Waals surface area contributed by atoms with Crippen LogP contribution in [0, 0.1) is 19.9 Å². The van der Waals surface area contributed by atoms with Crippen molar-refractivity contribution in [2.45, 2.75) is 20.5 Å². The number of aryl methyl sites for hydroxylation is 2. The molecule has 1 radical (unpaired) electrons. The Morgan fingerprint density at radius 2 is 2.00 bits per heavy atom. The van der Waals surface area contributed by atoms with Crippen LogP contribution in [0.5, 0.6) is 5.75 Å². The van der Waals surface area contributed by atoms with Gasteiger partial charge < -0.3 is 4.74 Å². The first-order valence-electron chi connectivity index (χ1n) is 5.26. The van der Waals surface area contributed by atoms with E-state index in [0.717, 1.165) is 22.7 Å². The average Bonchev–Trinajstić information content (AvgIpc) is 2.53. The summed E-state index contributed by atoms with van der Waals surface area (Å²) in [7, 11) is 1.95. The summed E-state index contributed by atoms with van der Waals surface area (Å²) in [5.74, 6) is 0.862. The Labute approximate surface area is 95.7 Å². The molecule has 0 aliphatic rings. The quantitative estimate of drug-likeness (QED) is 0.786. The van der Waals surface area contributed by atoms with E-state index in [4.69, 9.17) is 4.74 Å². The standard InChI is InChI=1S/C13H15N2O/c1-10-13(11(2)15(3)14-10)9-16-12-7-5-4-6-8-12/h5-8H,9H2,1-3H3. The molecular weight excluding hydrogens is 200 g/mol. The van der Waals surface area contributed by atoms with Crippen molar-refractivity contribution < 1.29 is 4.74 Å². The van der Waals surface area contributed by atoms with Gasteiger partial charge in [-0.2, -0.15) is 5.10 Å². The van der Waals surface area contributed by atoms with Crippen LogP contribution in [-0.2, 0) is 13.7 Å². The largest absolute Gasteiger partial charge is 0.489 e. The molecule has 3 heteroatoms. The summed E-state index contributed by atoms with van der Waals surface area (Å²) in [5.41, 5.74) is 3.35. The van der Waals surface area contributed by atoms with Crippen molar-refractivity contribution in [2.24, 2.45) is 7.05 Å². The fraction of sp³-hybridized carbons (Fsp3) is 0.308. The molecule has 83 valence electrons. The molecule has 0 aliphatic heterocycles. The highest BCUT2D eigenvalue weighted by Crippen LogP contribution is 2.16. The summed E-state index contributed by atoms with van der Waals surface area (Å²) in [6, 6.07) is 10.5. The van der Waals surface area contributed by atoms with Gasteiger partial charge in [0.1, 0.15) is 12.4 Å². The molecule has 0 N–H and O–H groups in total. The fourth-order valence-electron chi connectivity index (χ4n) is 1.65. The molecule has 16 heavy (non-hydrogen) atoms. The highest BCUT2D eigenvalue weighted by molar-refractivity contribution is 5.25. The average molecular weight is 215 g/mol. The van der Waals surface area contributed by atoms with Crippen LogP contribution in [0.1, 0.15) is 17.0 Å². The third-order valence-electron chi connectivity index (χ3n) is 2.73. The van der Waals surface area contributed by atoms with E-state index in [2.05, 4.69) is 18.1 Å². The lowest BCUT2D eigenvalue weighted by atomic mass is 10.2. The van der Waals surface area contributed by atoms with Crippen molar-refractivity contribution >= 4 is 0 Å². The second-order valence-corrected chi connectivity index (χ2v) is 3.80. The molecule has 1 heterocycles. The van der Waals surface area contributed by atoms with Gasteiger partial charge in [-0.1, -0.05) is 12.1 Å². The lowest BCUT2D eigenvalue weighted by Crippen LogP contribution is -1.99. The summed E-state index contributed by atoms with van der Waals surface area (Å²) in [6.07, 6.45) is 0. The zero-order chi connectivity index (χ0) is 11.5. The summed E-state index contributed by atoms with van der Waals surface area (Å²) in [4.78, 5) is 0. The number of benzene rings is 1. The Bertz CT molecular complexity index is 474. The van der Waals surface area contributed by atoms with Crippen LogP contribution in [-0.4, -0.2) is 9.78 Å². The van der Waals surface area contributed by atoms with Gasteiger partial charge in [0, 0.05) is 18.3 Å². The van der Waals surface area contributed by atoms with Crippen molar-refractivity contribution in [2.75, 3.05) is 0 Å². The smallest absolute Gasteiger partial charge is 0.119 e. The molecule has 1 aromatic heterocycles. The Kier molecular flexibility index (Phi) is 2.95. The molecule has 0 atom stereocenters. The van der Waals surface area contributed by atoms with Crippen LogP contribution < -0.4 is 4.74 Å². The molecule has 0 bridgehead atoms. The minimum absolute atomic E-state index is 0.565. The minimum Gasteiger partial charge on any atom is -0.489 e. The van der Waals surface area contributed by atoms with E-state index in [1.165, 1.54) is 0 Å². The normalized spacial score (nSPS) is 10.4. The number of hydrogen-bond acceptors (Lipinski definition) is 2. The van der Waals surface area contributed by atoms with Gasteiger partial charge in [-0.25, -0.2) is 0 Å². The summed E-state index contributed by atoms with van der Waals surface area (Å²) in [5, 5.41) is 4.35. The minimum atomic E-state index is 0.565. The van der Waals surface area contributed by atoms with E-state index in [-0.39, 0.29) is 0 Å². The molecule has 3 nitrogen and oxygen atoms in total. The van der Waals surface area contributed by atoms with Gasteiger partial charge in [-0.15, -0.1) is 0 Å². The zero-order valence-electron chi connectivity index (χ0n) is 9.82. The van der Waals surface area contributed by atoms with Crippen molar-refractivity contribution in [3.63, 3.8) is 0 Å². The van der Waals surface area contributed by atoms with Gasteiger partial charge >= 0.3 is 0 Å². The van der Waals surface area contributed by atoms with Crippen LogP contribution >= 0.6 is 0 Å². The van der Waals surface area contributed by atoms with Gasteiger partial charge in [0.25, 0.3) is 0 Å². The zero-order valence-corrected chi connectivity index (χ0v) is 9.82. The Hall–Kier alpha value is -1.77. The fourth-order valence-corrected chi connectivity index (χ4v) is 1.65. The molecule has 0 fully saturated rings. The van der Waals surface area contributed by atoms with Crippen LogP contribution in [0.4, 0.5) is 0 Å². The van der Waals surface area contributed by atoms with E-state index in [1.807, 2.05) is 42.9 Å². The highest BCUT2D eigenvalue weighted by Gasteiger charge is 2.09. The van der Waals surface area contributed by atoms with Gasteiger partial charge in [0.15, 0.2) is 0 Å². The summed E-state index contributed by atoms with van der Waals surface area (Å²) < 4.78 is 7.58. The van der Waals surface area contributed by atoms with Crippen molar-refractivity contribution in [1.29, 1.82) is 0 Å². The Morgan fingerprint density at radius 1 is 1.31 bits per heavy atom. The van der Waals surface area contributed by atoms with Gasteiger partial charge in [-0.3, -0.25) is 4.68 Å². The Balaban J connectivity index is 2.11. The second kappa shape index (κ2) is 4.39. The van der Waals surface area contributed by atoms with Crippen LogP contribution in [0.15, 0.2) is 24.3 Å². The molecule has 2 aromatic rings. The molecule has 0 saturated carbocycles. The first-order valence-corrected chi connectivity index (χ1v) is 5.26. The highest BCUT2D eigenvalue weighted by atomic mass is 16.5. The lowest BCUT2D eigenvalue weighted by Gasteiger charge is -2.06. The maximum absolute atomic E-state index is 5.69. The molecule has 1 aromatic carbocycles. The monoisotopic (exact) mass is 215 g/mol. The van der Waals surface area contributed by atoms with Gasteiger partial charge in [0.2, 0.25) is 0 Å². The van der Waals surface area contributed by atoms with E-state index in [0.29, 0.717) is 6.61 Å². The van der Waals surface area contributed by atoms with E-state index < -0.39 is 0 Å². The first-order chi connectivity index (χ1) is 7.68. The lowest BCUT2D eigenvalue weighted by molar-refractivity contribution is 0.304. The predicted octanol–water partition coefficient (Wildman–Crippen LogP) is 2.42. The maximum Gasteiger partial charge on any atom is 0.119 e. The van der Waals surface area contributed by atoms with Gasteiger partial charge in [-0.05, 0) is 32.0 Å². The number of rotatable bonds is 3. The Morgan fingerprint density at radius 3 is 2.56 bits per heavy atom. The number of nitrogens with zero attached hydrogens (tertiary/aromatic N) is 2. The van der Waals surface area contributed by atoms with E-state index in [9.17, 15) is 0 Å². The van der Waals surface area contributed by atoms with Crippen LogP contribution in [0.2, 0.25) is 0 Å². The SMILES string of the molecule is Cc1nn(C)c(C)c1COc1cc[c]cc1.